The second-order valence-corrected chi connectivity index (χ2v) is 8.81. The summed E-state index contributed by atoms with van der Waals surface area (Å²) in [5.74, 6) is 0.571. The lowest BCUT2D eigenvalue weighted by Gasteiger charge is -2.28. The van der Waals surface area contributed by atoms with Crippen LogP contribution in [0, 0.1) is 12.8 Å². The van der Waals surface area contributed by atoms with Crippen LogP contribution in [0.1, 0.15) is 57.9 Å². The van der Waals surface area contributed by atoms with Gasteiger partial charge in [-0.3, -0.25) is 4.18 Å². The second-order valence-electron chi connectivity index (χ2n) is 7.20. The third-order valence-electron chi connectivity index (χ3n) is 4.88. The average Bonchev–Trinajstić information content (AvgIpc) is 2.65. The normalized spacial score (nSPS) is 20.7. The van der Waals surface area contributed by atoms with E-state index >= 15 is 0 Å². The van der Waals surface area contributed by atoms with Gasteiger partial charge in [0.25, 0.3) is 10.1 Å². The molecule has 1 fully saturated rings. The Labute approximate surface area is 158 Å². The quantitative estimate of drug-likeness (QED) is 0.558. The minimum Gasteiger partial charge on any atom is -0.353 e. The molecular weight excluding hydrogens is 352 g/mol. The Morgan fingerprint density at radius 2 is 1.92 bits per heavy atom. The summed E-state index contributed by atoms with van der Waals surface area (Å²) < 4.78 is 41.8. The molecule has 0 amide bonds. The molecule has 0 aliphatic carbocycles. The number of hydrogen-bond donors (Lipinski definition) is 0. The van der Waals surface area contributed by atoms with Gasteiger partial charge in [-0.05, 0) is 57.1 Å². The van der Waals surface area contributed by atoms with Crippen LogP contribution in [0.15, 0.2) is 29.2 Å². The van der Waals surface area contributed by atoms with Crippen LogP contribution < -0.4 is 0 Å². The molecule has 1 heterocycles. The van der Waals surface area contributed by atoms with Crippen LogP contribution in [0.4, 0.5) is 0 Å². The Morgan fingerprint density at radius 1 is 1.19 bits per heavy atom. The Hall–Kier alpha value is -0.950. The van der Waals surface area contributed by atoms with Crippen LogP contribution in [-0.4, -0.2) is 34.0 Å². The molecule has 0 saturated carbocycles. The van der Waals surface area contributed by atoms with E-state index in [1.165, 1.54) is 0 Å². The Kier molecular flexibility index (Phi) is 8.54. The molecule has 0 spiro atoms. The third-order valence-corrected chi connectivity index (χ3v) is 6.18. The van der Waals surface area contributed by atoms with Crippen LogP contribution in [0.3, 0.4) is 0 Å². The van der Waals surface area contributed by atoms with Crippen molar-refractivity contribution in [1.29, 1.82) is 0 Å². The maximum Gasteiger partial charge on any atom is 0.297 e. The fourth-order valence-corrected chi connectivity index (χ4v) is 3.77. The van der Waals surface area contributed by atoms with E-state index in [2.05, 4.69) is 13.8 Å². The highest BCUT2D eigenvalue weighted by Crippen LogP contribution is 2.21. The monoisotopic (exact) mass is 384 g/mol. The molecule has 1 saturated heterocycles. The summed E-state index contributed by atoms with van der Waals surface area (Å²) in [6, 6.07) is 6.68. The average molecular weight is 385 g/mol. The van der Waals surface area contributed by atoms with Crippen LogP contribution in [-0.2, 0) is 23.8 Å². The van der Waals surface area contributed by atoms with E-state index in [0.717, 1.165) is 44.1 Å². The zero-order chi connectivity index (χ0) is 19.0. The van der Waals surface area contributed by atoms with Gasteiger partial charge in [0.05, 0.1) is 17.6 Å². The van der Waals surface area contributed by atoms with Crippen molar-refractivity contribution in [2.45, 2.75) is 76.6 Å². The van der Waals surface area contributed by atoms with Crippen molar-refractivity contribution in [2.24, 2.45) is 5.92 Å². The largest absolute Gasteiger partial charge is 0.353 e. The molecule has 0 N–H and O–H groups in total. The topological polar surface area (TPSA) is 61.8 Å². The van der Waals surface area contributed by atoms with Crippen LogP contribution in [0.25, 0.3) is 0 Å². The maximum absolute atomic E-state index is 12.4. The predicted octanol–water partition coefficient (Wildman–Crippen LogP) is 4.44. The number of ether oxygens (including phenoxy) is 2. The van der Waals surface area contributed by atoms with Crippen molar-refractivity contribution in [3.05, 3.63) is 29.8 Å². The van der Waals surface area contributed by atoms with E-state index in [1.807, 2.05) is 6.92 Å². The minimum atomic E-state index is -3.78. The van der Waals surface area contributed by atoms with Crippen molar-refractivity contribution in [3.8, 4) is 0 Å². The molecule has 2 rings (SSSR count). The van der Waals surface area contributed by atoms with Gasteiger partial charge in [0, 0.05) is 6.61 Å². The molecule has 0 bridgehead atoms. The van der Waals surface area contributed by atoms with E-state index in [0.29, 0.717) is 12.5 Å². The molecule has 5 nitrogen and oxygen atoms in total. The van der Waals surface area contributed by atoms with Gasteiger partial charge in [-0.1, -0.05) is 38.0 Å². The molecule has 1 unspecified atom stereocenters. The molecule has 3 atom stereocenters. The predicted molar refractivity (Wildman–Crippen MR) is 101 cm³/mol. The first-order valence-electron chi connectivity index (χ1n) is 9.64. The van der Waals surface area contributed by atoms with Crippen molar-refractivity contribution < 1.29 is 22.1 Å². The van der Waals surface area contributed by atoms with Crippen LogP contribution in [0.2, 0.25) is 0 Å². The highest BCUT2D eigenvalue weighted by atomic mass is 32.2. The van der Waals surface area contributed by atoms with Crippen LogP contribution >= 0.6 is 0 Å². The van der Waals surface area contributed by atoms with Gasteiger partial charge in [0.1, 0.15) is 0 Å². The summed E-state index contributed by atoms with van der Waals surface area (Å²) in [5.41, 5.74) is 1.01. The first-order valence-corrected chi connectivity index (χ1v) is 11.0. The van der Waals surface area contributed by atoms with E-state index in [-0.39, 0.29) is 23.9 Å². The molecule has 1 aromatic carbocycles. The third kappa shape index (κ3) is 6.99. The van der Waals surface area contributed by atoms with Gasteiger partial charge in [-0.25, -0.2) is 0 Å². The van der Waals surface area contributed by atoms with E-state index < -0.39 is 10.1 Å². The Balaban J connectivity index is 1.96. The van der Waals surface area contributed by atoms with Crippen LogP contribution in [0.5, 0.6) is 0 Å². The molecule has 1 aromatic rings. The first-order chi connectivity index (χ1) is 12.4. The lowest BCUT2D eigenvalue weighted by atomic mass is 10.0. The van der Waals surface area contributed by atoms with Crippen molar-refractivity contribution in [3.63, 3.8) is 0 Å². The molecule has 26 heavy (non-hydrogen) atoms. The molecule has 1 aliphatic heterocycles. The smallest absolute Gasteiger partial charge is 0.297 e. The van der Waals surface area contributed by atoms with E-state index in [1.54, 1.807) is 24.3 Å². The highest BCUT2D eigenvalue weighted by Gasteiger charge is 2.23. The zero-order valence-electron chi connectivity index (χ0n) is 16.1. The zero-order valence-corrected chi connectivity index (χ0v) is 17.0. The van der Waals surface area contributed by atoms with Gasteiger partial charge >= 0.3 is 0 Å². The number of aryl methyl sites for hydroxylation is 1. The van der Waals surface area contributed by atoms with Gasteiger partial charge in [0.2, 0.25) is 0 Å². The molecule has 0 aromatic heterocycles. The molecule has 148 valence electrons. The van der Waals surface area contributed by atoms with E-state index in [9.17, 15) is 8.42 Å². The van der Waals surface area contributed by atoms with Crippen molar-refractivity contribution in [2.75, 3.05) is 13.2 Å². The fourth-order valence-electron chi connectivity index (χ4n) is 2.84. The molecule has 1 aliphatic rings. The minimum absolute atomic E-state index is 0.0203. The Morgan fingerprint density at radius 3 is 2.54 bits per heavy atom. The Bertz CT molecular complexity index is 620. The standard InChI is InChI=1S/C20H32O5S/c1-4-16(2)8-11-18(25-20-7-5-6-14-23-20)15-24-26(21,22)19-12-9-17(3)10-13-19/h9-10,12-13,16,18,20H,4-8,11,14-15H2,1-3H3/t16-,18+,20?/m0/s1. The molecule has 6 heteroatoms. The SMILES string of the molecule is CC[C@H](C)CC[C@H](COS(=O)(=O)c1ccc(C)cc1)OC1CCCCO1. The lowest BCUT2D eigenvalue weighted by Crippen LogP contribution is -2.31. The van der Waals surface area contributed by atoms with Gasteiger partial charge in [0.15, 0.2) is 6.29 Å². The number of hydrogen-bond acceptors (Lipinski definition) is 5. The summed E-state index contributed by atoms with van der Waals surface area (Å²) in [4.78, 5) is 0.178. The first kappa shape index (κ1) is 21.4. The summed E-state index contributed by atoms with van der Waals surface area (Å²) in [7, 11) is -3.78. The maximum atomic E-state index is 12.4. The van der Waals surface area contributed by atoms with Gasteiger partial charge < -0.3 is 9.47 Å². The summed E-state index contributed by atoms with van der Waals surface area (Å²) in [6.07, 6.45) is 5.27. The summed E-state index contributed by atoms with van der Waals surface area (Å²) in [5, 5.41) is 0. The van der Waals surface area contributed by atoms with Gasteiger partial charge in [-0.2, -0.15) is 8.42 Å². The molecular formula is C20H32O5S. The summed E-state index contributed by atoms with van der Waals surface area (Å²) in [6.45, 7) is 6.99. The number of benzene rings is 1. The molecule has 0 radical (unpaired) electrons. The van der Waals surface area contributed by atoms with E-state index in [4.69, 9.17) is 13.7 Å². The van der Waals surface area contributed by atoms with Crippen molar-refractivity contribution in [1.82, 2.24) is 0 Å². The lowest BCUT2D eigenvalue weighted by molar-refractivity contribution is -0.194. The second kappa shape index (κ2) is 10.4. The van der Waals surface area contributed by atoms with Crippen molar-refractivity contribution >= 4 is 10.1 Å². The fraction of sp³-hybridized carbons (Fsp3) is 0.700. The number of rotatable bonds is 10. The highest BCUT2D eigenvalue weighted by molar-refractivity contribution is 7.86. The van der Waals surface area contributed by atoms with Gasteiger partial charge in [-0.15, -0.1) is 0 Å². The summed E-state index contributed by atoms with van der Waals surface area (Å²) >= 11 is 0.